The number of esters is 1. The molecular weight excluding hydrogens is 384 g/mol. The van der Waals surface area contributed by atoms with Crippen LogP contribution in [-0.4, -0.2) is 22.5 Å². The molecule has 6 nitrogen and oxygen atoms in total. The number of aromatic amines is 1. The number of nitrogens with zero attached hydrogens (tertiary/aromatic N) is 1. The van der Waals surface area contributed by atoms with Gasteiger partial charge in [-0.05, 0) is 31.2 Å². The van der Waals surface area contributed by atoms with E-state index in [4.69, 9.17) is 9.15 Å². The normalized spacial score (nSPS) is 10.7. The first kappa shape index (κ1) is 19.3. The van der Waals surface area contributed by atoms with Crippen LogP contribution in [0.3, 0.4) is 0 Å². The van der Waals surface area contributed by atoms with Gasteiger partial charge >= 0.3 is 5.97 Å². The number of thioether (sulfide) groups is 2. The molecule has 0 atom stereocenters. The Bertz CT molecular complexity index is 954. The van der Waals surface area contributed by atoms with E-state index in [2.05, 4.69) is 9.97 Å². The first-order valence-corrected chi connectivity index (χ1v) is 10.3. The maximum atomic E-state index is 11.9. The molecular formula is C19H18N2O4S2. The van der Waals surface area contributed by atoms with Crippen LogP contribution in [0.2, 0.25) is 0 Å². The Morgan fingerprint density at radius 3 is 2.74 bits per heavy atom. The quantitative estimate of drug-likeness (QED) is 0.344. The van der Waals surface area contributed by atoms with Crippen LogP contribution in [0.4, 0.5) is 0 Å². The minimum atomic E-state index is -0.486. The van der Waals surface area contributed by atoms with Crippen molar-refractivity contribution in [3.8, 4) is 0 Å². The zero-order valence-corrected chi connectivity index (χ0v) is 16.3. The van der Waals surface area contributed by atoms with E-state index in [-0.39, 0.29) is 11.3 Å². The second-order valence-electron chi connectivity index (χ2n) is 5.42. The molecule has 0 aliphatic rings. The molecule has 140 valence electrons. The third-order valence-electron chi connectivity index (χ3n) is 3.39. The van der Waals surface area contributed by atoms with Crippen LogP contribution in [0.5, 0.6) is 0 Å². The van der Waals surface area contributed by atoms with E-state index in [1.54, 1.807) is 30.8 Å². The summed E-state index contributed by atoms with van der Waals surface area (Å²) in [6, 6.07) is 14.8. The lowest BCUT2D eigenvalue weighted by Crippen LogP contribution is -2.09. The molecule has 0 spiro atoms. The summed E-state index contributed by atoms with van der Waals surface area (Å²) in [6.07, 6.45) is 0. The molecule has 27 heavy (non-hydrogen) atoms. The molecule has 2 aromatic heterocycles. The lowest BCUT2D eigenvalue weighted by Gasteiger charge is -2.04. The van der Waals surface area contributed by atoms with Gasteiger partial charge in [-0.1, -0.05) is 30.0 Å². The Balaban J connectivity index is 1.61. The van der Waals surface area contributed by atoms with Gasteiger partial charge in [0.2, 0.25) is 5.76 Å². The van der Waals surface area contributed by atoms with Crippen molar-refractivity contribution in [1.82, 2.24) is 9.97 Å². The highest BCUT2D eigenvalue weighted by Gasteiger charge is 2.12. The second-order valence-corrected chi connectivity index (χ2v) is 7.43. The van der Waals surface area contributed by atoms with Crippen molar-refractivity contribution in [3.05, 3.63) is 76.1 Å². The van der Waals surface area contributed by atoms with Crippen LogP contribution in [-0.2, 0) is 16.2 Å². The van der Waals surface area contributed by atoms with Crippen molar-refractivity contribution in [2.75, 3.05) is 6.61 Å². The molecule has 1 N–H and O–H groups in total. The van der Waals surface area contributed by atoms with E-state index < -0.39 is 5.97 Å². The van der Waals surface area contributed by atoms with Gasteiger partial charge in [0.15, 0.2) is 5.16 Å². The van der Waals surface area contributed by atoms with Gasteiger partial charge in [-0.25, -0.2) is 9.78 Å². The Hall–Kier alpha value is -2.45. The number of nitrogens with one attached hydrogen (secondary N) is 1. The number of hydrogen-bond donors (Lipinski definition) is 1. The summed E-state index contributed by atoms with van der Waals surface area (Å²) in [4.78, 5) is 31.9. The minimum absolute atomic E-state index is 0.168. The number of carbonyl (C=O) groups excluding carboxylic acids is 1. The highest BCUT2D eigenvalue weighted by molar-refractivity contribution is 7.98. The zero-order valence-electron chi connectivity index (χ0n) is 14.6. The van der Waals surface area contributed by atoms with E-state index in [9.17, 15) is 9.59 Å². The third-order valence-corrected chi connectivity index (χ3v) is 5.33. The molecule has 8 heteroatoms. The number of rotatable bonds is 8. The van der Waals surface area contributed by atoms with E-state index in [0.29, 0.717) is 34.7 Å². The molecule has 3 aromatic rings. The summed E-state index contributed by atoms with van der Waals surface area (Å²) >= 11 is 2.96. The molecule has 3 rings (SSSR count). The van der Waals surface area contributed by atoms with E-state index in [1.165, 1.54) is 17.8 Å². The lowest BCUT2D eigenvalue weighted by molar-refractivity contribution is 0.0488. The number of ether oxygens (including phenoxy) is 1. The smallest absolute Gasteiger partial charge is 0.374 e. The fraction of sp³-hybridized carbons (Fsp3) is 0.211. The van der Waals surface area contributed by atoms with Crippen LogP contribution in [0.15, 0.2) is 67.8 Å². The minimum Gasteiger partial charge on any atom is -0.460 e. The van der Waals surface area contributed by atoms with Gasteiger partial charge in [0.1, 0.15) is 5.76 Å². The lowest BCUT2D eigenvalue weighted by atomic mass is 10.4. The van der Waals surface area contributed by atoms with Gasteiger partial charge in [0.25, 0.3) is 5.56 Å². The molecule has 0 unspecified atom stereocenters. The molecule has 0 saturated carbocycles. The average Bonchev–Trinajstić information content (AvgIpc) is 3.15. The number of carbonyl (C=O) groups is 1. The van der Waals surface area contributed by atoms with E-state index in [1.807, 2.05) is 30.3 Å². The number of hydrogen-bond acceptors (Lipinski definition) is 7. The van der Waals surface area contributed by atoms with E-state index >= 15 is 0 Å². The van der Waals surface area contributed by atoms with E-state index in [0.717, 1.165) is 4.90 Å². The molecule has 0 amide bonds. The summed E-state index contributed by atoms with van der Waals surface area (Å²) in [5, 5.41) is 0.514. The summed E-state index contributed by atoms with van der Waals surface area (Å²) < 4.78 is 10.4. The maximum absolute atomic E-state index is 11.9. The van der Waals surface area contributed by atoms with Crippen molar-refractivity contribution in [3.63, 3.8) is 0 Å². The molecule has 2 heterocycles. The highest BCUT2D eigenvalue weighted by Crippen LogP contribution is 2.23. The fourth-order valence-electron chi connectivity index (χ4n) is 2.21. The Labute approximate surface area is 164 Å². The Kier molecular flexibility index (Phi) is 6.78. The first-order chi connectivity index (χ1) is 13.1. The molecule has 1 aromatic carbocycles. The summed E-state index contributed by atoms with van der Waals surface area (Å²) in [5.74, 6) is 1.34. The van der Waals surface area contributed by atoms with Crippen LogP contribution in [0.25, 0.3) is 0 Å². The molecule has 0 fully saturated rings. The predicted molar refractivity (Wildman–Crippen MR) is 105 cm³/mol. The van der Waals surface area contributed by atoms with Crippen LogP contribution < -0.4 is 5.56 Å². The maximum Gasteiger partial charge on any atom is 0.374 e. The molecule has 0 aliphatic carbocycles. The summed E-state index contributed by atoms with van der Waals surface area (Å²) in [5.41, 5.74) is 0.518. The SMILES string of the molecule is CCOC(=O)c1ccc(CSc2nc(CSc3ccccc3)cc(=O)[nH]2)o1. The second kappa shape index (κ2) is 9.48. The van der Waals surface area contributed by atoms with Crippen molar-refractivity contribution in [2.45, 2.75) is 28.5 Å². The van der Waals surface area contributed by atoms with Gasteiger partial charge in [-0.3, -0.25) is 4.79 Å². The number of benzene rings is 1. The Morgan fingerprint density at radius 2 is 1.96 bits per heavy atom. The van der Waals surface area contributed by atoms with Gasteiger partial charge in [-0.2, -0.15) is 0 Å². The summed E-state index contributed by atoms with van der Waals surface area (Å²) in [7, 11) is 0. The van der Waals surface area contributed by atoms with Crippen molar-refractivity contribution < 1.29 is 13.9 Å². The predicted octanol–water partition coefficient (Wildman–Crippen LogP) is 4.12. The van der Waals surface area contributed by atoms with Crippen LogP contribution in [0.1, 0.15) is 28.9 Å². The third kappa shape index (κ3) is 5.77. The fourth-order valence-corrected chi connectivity index (χ4v) is 3.81. The number of H-pyrrole nitrogens is 1. The van der Waals surface area contributed by atoms with Crippen molar-refractivity contribution in [1.29, 1.82) is 0 Å². The monoisotopic (exact) mass is 402 g/mol. The Morgan fingerprint density at radius 1 is 1.15 bits per heavy atom. The number of aromatic nitrogens is 2. The molecule has 0 aliphatic heterocycles. The van der Waals surface area contributed by atoms with Crippen molar-refractivity contribution >= 4 is 29.5 Å². The van der Waals surface area contributed by atoms with Crippen molar-refractivity contribution in [2.24, 2.45) is 0 Å². The van der Waals surface area contributed by atoms with Crippen LogP contribution >= 0.6 is 23.5 Å². The zero-order chi connectivity index (χ0) is 19.1. The first-order valence-electron chi connectivity index (χ1n) is 8.31. The van der Waals surface area contributed by atoms with Gasteiger partial charge in [0, 0.05) is 16.7 Å². The topological polar surface area (TPSA) is 85.2 Å². The highest BCUT2D eigenvalue weighted by atomic mass is 32.2. The van der Waals surface area contributed by atoms with Crippen LogP contribution in [0, 0.1) is 0 Å². The van der Waals surface area contributed by atoms with Gasteiger partial charge in [-0.15, -0.1) is 11.8 Å². The molecule has 0 bridgehead atoms. The van der Waals surface area contributed by atoms with Gasteiger partial charge in [0.05, 0.1) is 18.1 Å². The summed E-state index contributed by atoms with van der Waals surface area (Å²) in [6.45, 7) is 2.03. The average molecular weight is 402 g/mol. The molecule has 0 radical (unpaired) electrons. The molecule has 0 saturated heterocycles. The number of furan rings is 1. The largest absolute Gasteiger partial charge is 0.460 e. The standard InChI is InChI=1S/C19H18N2O4S2/c1-2-24-18(23)16-9-8-14(25-16)12-27-19-20-13(10-17(22)21-19)11-26-15-6-4-3-5-7-15/h3-10H,2,11-12H2,1H3,(H,20,21,22). The van der Waals surface area contributed by atoms with Gasteiger partial charge < -0.3 is 14.1 Å².